The molecule has 0 saturated carbocycles. The standard InChI is InChI=1S/C26H20ClFN2O6S/c1-33-20-10-6-17(27)13-19(20)24-29-30-26(36-24)37-23(25(31)32)12-16-5-9-21(22(11-16)34-2)35-14-15-3-7-18(28)8-4-15/h3-13H,14H2,1-2H3,(H,31,32)/b23-12-. The summed E-state index contributed by atoms with van der Waals surface area (Å²) >= 11 is 6.86. The summed E-state index contributed by atoms with van der Waals surface area (Å²) in [5, 5.41) is 18.2. The minimum Gasteiger partial charge on any atom is -0.496 e. The van der Waals surface area contributed by atoms with E-state index in [2.05, 4.69) is 10.2 Å². The van der Waals surface area contributed by atoms with E-state index in [0.717, 1.165) is 17.3 Å². The lowest BCUT2D eigenvalue weighted by Crippen LogP contribution is -1.99. The Morgan fingerprint density at radius 3 is 2.46 bits per heavy atom. The number of hydrogen-bond acceptors (Lipinski definition) is 8. The van der Waals surface area contributed by atoms with E-state index in [-0.39, 0.29) is 28.4 Å². The molecule has 190 valence electrons. The molecule has 4 rings (SSSR count). The van der Waals surface area contributed by atoms with Crippen LogP contribution >= 0.6 is 23.4 Å². The molecule has 4 aromatic rings. The van der Waals surface area contributed by atoms with Crippen LogP contribution in [-0.2, 0) is 11.4 Å². The smallest absolute Gasteiger partial charge is 0.342 e. The predicted molar refractivity (Wildman–Crippen MR) is 136 cm³/mol. The molecule has 0 fully saturated rings. The summed E-state index contributed by atoms with van der Waals surface area (Å²) in [6, 6.07) is 15.9. The lowest BCUT2D eigenvalue weighted by Gasteiger charge is -2.11. The van der Waals surface area contributed by atoms with Crippen molar-refractivity contribution in [3.05, 3.63) is 87.5 Å². The van der Waals surface area contributed by atoms with Gasteiger partial charge in [0.15, 0.2) is 11.5 Å². The molecule has 1 heterocycles. The van der Waals surface area contributed by atoms with Crippen LogP contribution in [0.2, 0.25) is 5.02 Å². The molecule has 0 aliphatic rings. The number of aromatic nitrogens is 2. The van der Waals surface area contributed by atoms with Crippen LogP contribution < -0.4 is 14.2 Å². The topological polar surface area (TPSA) is 104 Å². The number of halogens is 2. The summed E-state index contributed by atoms with van der Waals surface area (Å²) in [5.41, 5.74) is 1.81. The summed E-state index contributed by atoms with van der Waals surface area (Å²) in [6.45, 7) is 0.207. The first-order valence-corrected chi connectivity index (χ1v) is 11.9. The molecule has 37 heavy (non-hydrogen) atoms. The Kier molecular flexibility index (Phi) is 8.32. The molecular formula is C26H20ClFN2O6S. The Morgan fingerprint density at radius 1 is 1.03 bits per heavy atom. The number of rotatable bonds is 10. The van der Waals surface area contributed by atoms with E-state index in [0.29, 0.717) is 33.4 Å². The predicted octanol–water partition coefficient (Wildman–Crippen LogP) is 6.34. The molecule has 8 nitrogen and oxygen atoms in total. The van der Waals surface area contributed by atoms with Gasteiger partial charge in [0, 0.05) is 5.02 Å². The zero-order chi connectivity index (χ0) is 26.4. The van der Waals surface area contributed by atoms with Crippen molar-refractivity contribution in [3.63, 3.8) is 0 Å². The molecule has 0 unspecified atom stereocenters. The Labute approximate surface area is 220 Å². The molecule has 11 heteroatoms. The molecular weight excluding hydrogens is 523 g/mol. The van der Waals surface area contributed by atoms with Gasteiger partial charge in [0.2, 0.25) is 0 Å². The van der Waals surface area contributed by atoms with Crippen molar-refractivity contribution in [2.45, 2.75) is 11.8 Å². The van der Waals surface area contributed by atoms with E-state index in [1.807, 2.05) is 0 Å². The normalized spacial score (nSPS) is 11.3. The highest BCUT2D eigenvalue weighted by Crippen LogP contribution is 2.36. The lowest BCUT2D eigenvalue weighted by molar-refractivity contribution is -0.131. The summed E-state index contributed by atoms with van der Waals surface area (Å²) in [6.07, 6.45) is 1.45. The molecule has 0 aliphatic heterocycles. The van der Waals surface area contributed by atoms with E-state index < -0.39 is 5.97 Å². The summed E-state index contributed by atoms with van der Waals surface area (Å²) in [7, 11) is 2.97. The number of nitrogens with zero attached hydrogens (tertiary/aromatic N) is 2. The highest BCUT2D eigenvalue weighted by Gasteiger charge is 2.19. The fourth-order valence-electron chi connectivity index (χ4n) is 3.22. The number of carboxylic acid groups (broad SMARTS) is 1. The van der Waals surface area contributed by atoms with Gasteiger partial charge < -0.3 is 23.7 Å². The summed E-state index contributed by atoms with van der Waals surface area (Å²) in [4.78, 5) is 11.9. The van der Waals surface area contributed by atoms with Gasteiger partial charge in [-0.15, -0.1) is 10.2 Å². The number of carboxylic acids is 1. The van der Waals surface area contributed by atoms with Gasteiger partial charge in [0.05, 0.1) is 19.8 Å². The van der Waals surface area contributed by atoms with Gasteiger partial charge in [-0.3, -0.25) is 0 Å². The highest BCUT2D eigenvalue weighted by molar-refractivity contribution is 8.03. The molecule has 0 amide bonds. The number of hydrogen-bond donors (Lipinski definition) is 1. The van der Waals surface area contributed by atoms with Gasteiger partial charge in [-0.25, -0.2) is 9.18 Å². The first-order chi connectivity index (χ1) is 17.9. The Balaban J connectivity index is 1.53. The van der Waals surface area contributed by atoms with Crippen LogP contribution in [0.5, 0.6) is 17.2 Å². The molecule has 3 aromatic carbocycles. The number of aliphatic carboxylic acids is 1. The van der Waals surface area contributed by atoms with Crippen molar-refractivity contribution >= 4 is 35.4 Å². The van der Waals surface area contributed by atoms with Gasteiger partial charge in [-0.2, -0.15) is 0 Å². The van der Waals surface area contributed by atoms with Crippen LogP contribution in [0.25, 0.3) is 17.5 Å². The van der Waals surface area contributed by atoms with Gasteiger partial charge in [0.25, 0.3) is 11.1 Å². The molecule has 0 spiro atoms. The second-order valence-electron chi connectivity index (χ2n) is 7.46. The van der Waals surface area contributed by atoms with Crippen LogP contribution in [0, 0.1) is 5.82 Å². The van der Waals surface area contributed by atoms with E-state index in [1.165, 1.54) is 32.4 Å². The lowest BCUT2D eigenvalue weighted by atomic mass is 10.2. The van der Waals surface area contributed by atoms with Gasteiger partial charge >= 0.3 is 5.97 Å². The molecule has 0 radical (unpaired) electrons. The first-order valence-electron chi connectivity index (χ1n) is 10.7. The Bertz CT molecular complexity index is 1440. The second kappa shape index (κ2) is 11.8. The highest BCUT2D eigenvalue weighted by atomic mass is 35.5. The van der Waals surface area contributed by atoms with Crippen molar-refractivity contribution in [3.8, 4) is 28.7 Å². The third-order valence-electron chi connectivity index (χ3n) is 5.00. The van der Waals surface area contributed by atoms with Crippen LogP contribution in [0.3, 0.4) is 0 Å². The molecule has 1 aromatic heterocycles. The number of ether oxygens (including phenoxy) is 3. The van der Waals surface area contributed by atoms with E-state index in [9.17, 15) is 14.3 Å². The molecule has 0 aliphatic carbocycles. The molecule has 0 bridgehead atoms. The summed E-state index contributed by atoms with van der Waals surface area (Å²) < 4.78 is 35.3. The fourth-order valence-corrected chi connectivity index (χ4v) is 4.07. The van der Waals surface area contributed by atoms with Crippen molar-refractivity contribution in [1.82, 2.24) is 10.2 Å². The number of carbonyl (C=O) groups is 1. The van der Waals surface area contributed by atoms with E-state index in [4.69, 9.17) is 30.2 Å². The van der Waals surface area contributed by atoms with Crippen molar-refractivity contribution < 1.29 is 32.9 Å². The third kappa shape index (κ3) is 6.60. The first kappa shape index (κ1) is 26.1. The van der Waals surface area contributed by atoms with Crippen molar-refractivity contribution in [1.29, 1.82) is 0 Å². The van der Waals surface area contributed by atoms with Crippen LogP contribution in [0.1, 0.15) is 11.1 Å². The maximum absolute atomic E-state index is 13.1. The minimum atomic E-state index is -1.18. The second-order valence-corrected chi connectivity index (χ2v) is 8.89. The number of methoxy groups -OCH3 is 2. The van der Waals surface area contributed by atoms with Gasteiger partial charge in [-0.05, 0) is 71.4 Å². The quantitative estimate of drug-likeness (QED) is 0.181. The minimum absolute atomic E-state index is 0.0249. The van der Waals surface area contributed by atoms with Crippen molar-refractivity contribution in [2.75, 3.05) is 14.2 Å². The average Bonchev–Trinajstić information content (AvgIpc) is 3.36. The fraction of sp³-hybridized carbons (Fsp3) is 0.115. The monoisotopic (exact) mass is 542 g/mol. The maximum atomic E-state index is 13.1. The van der Waals surface area contributed by atoms with Crippen molar-refractivity contribution in [2.24, 2.45) is 0 Å². The van der Waals surface area contributed by atoms with E-state index in [1.54, 1.807) is 48.5 Å². The Hall–Kier alpha value is -4.02. The zero-order valence-electron chi connectivity index (χ0n) is 19.6. The molecule has 0 atom stereocenters. The third-order valence-corrected chi connectivity index (χ3v) is 6.09. The Morgan fingerprint density at radius 2 is 1.76 bits per heavy atom. The van der Waals surface area contributed by atoms with Crippen LogP contribution in [0.15, 0.2) is 75.2 Å². The largest absolute Gasteiger partial charge is 0.496 e. The molecule has 0 saturated heterocycles. The maximum Gasteiger partial charge on any atom is 0.342 e. The average molecular weight is 543 g/mol. The molecule has 1 N–H and O–H groups in total. The number of benzene rings is 3. The number of thioether (sulfide) groups is 1. The van der Waals surface area contributed by atoms with E-state index >= 15 is 0 Å². The van der Waals surface area contributed by atoms with Crippen LogP contribution in [-0.4, -0.2) is 35.5 Å². The van der Waals surface area contributed by atoms with Gasteiger partial charge in [0.1, 0.15) is 23.1 Å². The summed E-state index contributed by atoms with van der Waals surface area (Å²) in [5.74, 6) is -0.0428. The van der Waals surface area contributed by atoms with Crippen LogP contribution in [0.4, 0.5) is 4.39 Å². The zero-order valence-corrected chi connectivity index (χ0v) is 21.2. The van der Waals surface area contributed by atoms with Gasteiger partial charge in [-0.1, -0.05) is 29.8 Å². The SMILES string of the molecule is COc1cc(/C=C(\Sc2nnc(-c3cc(Cl)ccc3OC)o2)C(=O)O)ccc1OCc1ccc(F)cc1.